The number of unbranched alkanes of at least 4 members (excludes halogenated alkanes) is 2. The van der Waals surface area contributed by atoms with E-state index in [4.69, 9.17) is 0 Å². The summed E-state index contributed by atoms with van der Waals surface area (Å²) in [6.07, 6.45) is 34.9. The SMILES string of the molecule is C/C=C/C=C/C=C/CC/C=C/C(=O)NCC(C)C.C/C=C/C=C/C=C\CC/C=C/C(=O)NCC(C)C. The smallest absolute Gasteiger partial charge is 0.243 e. The zero-order valence-electron chi connectivity index (χ0n) is 23.5. The molecular weight excluding hydrogens is 444 g/mol. The lowest BCUT2D eigenvalue weighted by molar-refractivity contribution is -0.117. The summed E-state index contributed by atoms with van der Waals surface area (Å²) < 4.78 is 0. The molecule has 4 heteroatoms. The van der Waals surface area contributed by atoms with Gasteiger partial charge in [0.2, 0.25) is 11.8 Å². The first kappa shape index (κ1) is 35.0. The molecule has 0 saturated heterocycles. The maximum absolute atomic E-state index is 11.3. The van der Waals surface area contributed by atoms with E-state index in [0.717, 1.165) is 38.8 Å². The van der Waals surface area contributed by atoms with Crippen LogP contribution in [0.4, 0.5) is 0 Å². The van der Waals surface area contributed by atoms with Gasteiger partial charge in [-0.25, -0.2) is 0 Å². The number of nitrogens with one attached hydrogen (secondary N) is 2. The second kappa shape index (κ2) is 28.1. The number of allylic oxidation sites excluding steroid dienone is 14. The van der Waals surface area contributed by atoms with Gasteiger partial charge in [-0.1, -0.05) is 113 Å². The van der Waals surface area contributed by atoms with Crippen molar-refractivity contribution in [1.29, 1.82) is 0 Å². The predicted molar refractivity (Wildman–Crippen MR) is 159 cm³/mol. The molecule has 0 aromatic rings. The van der Waals surface area contributed by atoms with Crippen LogP contribution in [0.5, 0.6) is 0 Å². The van der Waals surface area contributed by atoms with Gasteiger partial charge in [0.25, 0.3) is 0 Å². The number of hydrogen-bond donors (Lipinski definition) is 2. The Morgan fingerprint density at radius 1 is 0.528 bits per heavy atom. The highest BCUT2D eigenvalue weighted by atomic mass is 16.2. The number of hydrogen-bond acceptors (Lipinski definition) is 2. The molecule has 0 saturated carbocycles. The minimum atomic E-state index is 0.000610. The summed E-state index contributed by atoms with van der Waals surface area (Å²) in [7, 11) is 0. The van der Waals surface area contributed by atoms with Crippen molar-refractivity contribution in [3.05, 3.63) is 97.2 Å². The zero-order valence-corrected chi connectivity index (χ0v) is 23.5. The molecule has 0 aromatic carbocycles. The maximum Gasteiger partial charge on any atom is 0.243 e. The predicted octanol–water partition coefficient (Wildman–Crippen LogP) is 7.57. The van der Waals surface area contributed by atoms with Crippen LogP contribution in [0.25, 0.3) is 0 Å². The average Bonchev–Trinajstić information content (AvgIpc) is 2.84. The van der Waals surface area contributed by atoms with E-state index in [0.29, 0.717) is 11.8 Å². The molecule has 36 heavy (non-hydrogen) atoms. The third kappa shape index (κ3) is 33.0. The second-order valence-corrected chi connectivity index (χ2v) is 8.92. The molecule has 0 aliphatic rings. The van der Waals surface area contributed by atoms with Crippen LogP contribution < -0.4 is 10.6 Å². The van der Waals surface area contributed by atoms with E-state index in [-0.39, 0.29) is 11.8 Å². The molecule has 0 atom stereocenters. The Hall–Kier alpha value is -3.14. The first-order valence-corrected chi connectivity index (χ1v) is 13.1. The number of amides is 2. The third-order valence-corrected chi connectivity index (χ3v) is 4.23. The van der Waals surface area contributed by atoms with Crippen molar-refractivity contribution >= 4 is 11.8 Å². The lowest BCUT2D eigenvalue weighted by Gasteiger charge is -2.03. The summed E-state index contributed by atoms with van der Waals surface area (Å²) in [6, 6.07) is 0. The largest absolute Gasteiger partial charge is 0.352 e. The van der Waals surface area contributed by atoms with Gasteiger partial charge in [-0.3, -0.25) is 9.59 Å². The van der Waals surface area contributed by atoms with Gasteiger partial charge in [0.15, 0.2) is 0 Å². The van der Waals surface area contributed by atoms with Crippen molar-refractivity contribution in [3.63, 3.8) is 0 Å². The fraction of sp³-hybridized carbons (Fsp3) is 0.438. The summed E-state index contributed by atoms with van der Waals surface area (Å²) >= 11 is 0. The average molecular weight is 495 g/mol. The quantitative estimate of drug-likeness (QED) is 0.132. The monoisotopic (exact) mass is 494 g/mol. The summed E-state index contributed by atoms with van der Waals surface area (Å²) in [6.45, 7) is 13.8. The molecule has 0 fully saturated rings. The van der Waals surface area contributed by atoms with Gasteiger partial charge in [-0.05, 0) is 63.5 Å². The number of carbonyl (C=O) groups excluding carboxylic acids is 2. The fourth-order valence-corrected chi connectivity index (χ4v) is 2.32. The molecule has 0 unspecified atom stereocenters. The Bertz CT molecular complexity index is 710. The van der Waals surface area contributed by atoms with Crippen molar-refractivity contribution in [2.24, 2.45) is 11.8 Å². The van der Waals surface area contributed by atoms with Crippen LogP contribution in [0.3, 0.4) is 0 Å². The first-order valence-electron chi connectivity index (χ1n) is 13.1. The molecule has 0 aromatic heterocycles. The Balaban J connectivity index is 0. The summed E-state index contributed by atoms with van der Waals surface area (Å²) in [5.74, 6) is 0.991. The Morgan fingerprint density at radius 3 is 1.19 bits per heavy atom. The molecule has 0 aliphatic carbocycles. The summed E-state index contributed by atoms with van der Waals surface area (Å²) in [4.78, 5) is 22.6. The molecule has 200 valence electrons. The number of carbonyl (C=O) groups is 2. The molecule has 2 amide bonds. The van der Waals surface area contributed by atoms with E-state index in [1.165, 1.54) is 0 Å². The maximum atomic E-state index is 11.3. The number of rotatable bonds is 16. The van der Waals surface area contributed by atoms with E-state index in [1.54, 1.807) is 12.2 Å². The van der Waals surface area contributed by atoms with E-state index in [9.17, 15) is 9.59 Å². The van der Waals surface area contributed by atoms with Crippen molar-refractivity contribution in [1.82, 2.24) is 10.6 Å². The van der Waals surface area contributed by atoms with Gasteiger partial charge in [-0.15, -0.1) is 0 Å². The van der Waals surface area contributed by atoms with Crippen LogP contribution in [0.2, 0.25) is 0 Å². The Labute approximate surface area is 221 Å². The van der Waals surface area contributed by atoms with E-state index in [1.807, 2.05) is 86.8 Å². The van der Waals surface area contributed by atoms with Gasteiger partial charge < -0.3 is 10.6 Å². The van der Waals surface area contributed by atoms with Crippen LogP contribution in [-0.2, 0) is 9.59 Å². The van der Waals surface area contributed by atoms with Gasteiger partial charge in [-0.2, -0.15) is 0 Å². The Morgan fingerprint density at radius 2 is 0.861 bits per heavy atom. The Kier molecular flexibility index (Phi) is 27.3. The van der Waals surface area contributed by atoms with Gasteiger partial charge >= 0.3 is 0 Å². The molecule has 0 spiro atoms. The fourth-order valence-electron chi connectivity index (χ4n) is 2.32. The zero-order chi connectivity index (χ0) is 27.3. The normalized spacial score (nSPS) is 12.7. The minimum Gasteiger partial charge on any atom is -0.352 e. The molecule has 0 aliphatic heterocycles. The van der Waals surface area contributed by atoms with Crippen molar-refractivity contribution in [3.8, 4) is 0 Å². The standard InChI is InChI=1S/2C16H25NO/c2*1-4-5-6-7-8-9-10-11-12-13-16(18)17-14-15(2)3/h2*4-9,12-13,15H,10-11,14H2,1-3H3,(H,17,18)/b5-4+,7-6+,9-8+,13-12+;5-4+,7-6+,9-8-,13-12+. The van der Waals surface area contributed by atoms with E-state index >= 15 is 0 Å². The first-order chi connectivity index (χ1) is 17.3. The molecule has 0 radical (unpaired) electrons. The molecule has 0 rings (SSSR count). The van der Waals surface area contributed by atoms with Crippen LogP contribution in [0.1, 0.15) is 67.2 Å². The van der Waals surface area contributed by atoms with E-state index < -0.39 is 0 Å². The van der Waals surface area contributed by atoms with Gasteiger partial charge in [0.1, 0.15) is 0 Å². The lowest BCUT2D eigenvalue weighted by Crippen LogP contribution is -2.25. The molecule has 0 bridgehead atoms. The highest BCUT2D eigenvalue weighted by molar-refractivity contribution is 5.87. The van der Waals surface area contributed by atoms with Crippen LogP contribution >= 0.6 is 0 Å². The van der Waals surface area contributed by atoms with Gasteiger partial charge in [0, 0.05) is 13.1 Å². The van der Waals surface area contributed by atoms with Gasteiger partial charge in [0.05, 0.1) is 0 Å². The second-order valence-electron chi connectivity index (χ2n) is 8.92. The van der Waals surface area contributed by atoms with Crippen LogP contribution in [0, 0.1) is 11.8 Å². The van der Waals surface area contributed by atoms with Crippen LogP contribution in [-0.4, -0.2) is 24.9 Å². The van der Waals surface area contributed by atoms with E-state index in [2.05, 4.69) is 50.5 Å². The summed E-state index contributed by atoms with van der Waals surface area (Å²) in [5.41, 5.74) is 0. The summed E-state index contributed by atoms with van der Waals surface area (Å²) in [5, 5.41) is 5.69. The lowest BCUT2D eigenvalue weighted by atomic mass is 10.2. The van der Waals surface area contributed by atoms with Crippen molar-refractivity contribution in [2.75, 3.05) is 13.1 Å². The molecule has 0 heterocycles. The highest BCUT2D eigenvalue weighted by Crippen LogP contribution is 1.95. The van der Waals surface area contributed by atoms with Crippen LogP contribution in [0.15, 0.2) is 97.2 Å². The molecule has 4 nitrogen and oxygen atoms in total. The highest BCUT2D eigenvalue weighted by Gasteiger charge is 1.97. The third-order valence-electron chi connectivity index (χ3n) is 4.23. The molecular formula is C32H50N2O2. The minimum absolute atomic E-state index is 0.000610. The topological polar surface area (TPSA) is 58.2 Å². The molecule has 2 N–H and O–H groups in total. The van der Waals surface area contributed by atoms with Crippen molar-refractivity contribution in [2.45, 2.75) is 67.2 Å². The van der Waals surface area contributed by atoms with Crippen molar-refractivity contribution < 1.29 is 9.59 Å².